The number of carbonyl (C=O) groups excluding carboxylic acids is 1. The Morgan fingerprint density at radius 1 is 1.09 bits per heavy atom. The van der Waals surface area contributed by atoms with E-state index in [0.717, 1.165) is 4.57 Å². The molecule has 2 aromatic rings. The van der Waals surface area contributed by atoms with Gasteiger partial charge in [-0.3, -0.25) is 18.7 Å². The first-order valence-corrected chi connectivity index (χ1v) is 6.90. The van der Waals surface area contributed by atoms with Crippen LogP contribution in [0.3, 0.4) is 0 Å². The SMILES string of the molecule is CN(C)CC(=O)N(C)Cc1nnc2c(n1)c(=O)n(C)c(=O)n2C. The van der Waals surface area contributed by atoms with Gasteiger partial charge in [0, 0.05) is 21.1 Å². The normalized spacial score (nSPS) is 11.2. The van der Waals surface area contributed by atoms with Crippen LogP contribution < -0.4 is 11.2 Å². The molecule has 0 saturated carbocycles. The van der Waals surface area contributed by atoms with Crippen LogP contribution in [0.2, 0.25) is 0 Å². The molecule has 1 amide bonds. The molecule has 124 valence electrons. The number of aryl methyl sites for hydroxylation is 1. The number of fused-ring (bicyclic) bond motifs is 1. The standard InChI is InChI=1S/C13H19N7O3/c1-17(2)7-9(21)18(3)6-8-14-10-11(16-15-8)19(4)13(23)20(5)12(10)22/h6-7H2,1-5H3. The fourth-order valence-electron chi connectivity index (χ4n) is 2.04. The average molecular weight is 321 g/mol. The fourth-order valence-corrected chi connectivity index (χ4v) is 2.04. The zero-order valence-corrected chi connectivity index (χ0v) is 13.8. The number of rotatable bonds is 4. The maximum Gasteiger partial charge on any atom is 0.332 e. The van der Waals surface area contributed by atoms with Crippen molar-refractivity contribution in [1.29, 1.82) is 0 Å². The Morgan fingerprint density at radius 2 is 1.74 bits per heavy atom. The van der Waals surface area contributed by atoms with E-state index in [4.69, 9.17) is 0 Å². The van der Waals surface area contributed by atoms with Crippen LogP contribution in [-0.2, 0) is 25.4 Å². The van der Waals surface area contributed by atoms with Crippen LogP contribution in [0.15, 0.2) is 9.59 Å². The zero-order valence-electron chi connectivity index (χ0n) is 13.8. The van der Waals surface area contributed by atoms with Gasteiger partial charge in [-0.2, -0.15) is 0 Å². The summed E-state index contributed by atoms with van der Waals surface area (Å²) in [6, 6.07) is 0. The van der Waals surface area contributed by atoms with Gasteiger partial charge in [-0.15, -0.1) is 10.2 Å². The summed E-state index contributed by atoms with van der Waals surface area (Å²) in [7, 11) is 8.08. The first-order valence-electron chi connectivity index (χ1n) is 6.90. The molecule has 0 aliphatic heterocycles. The molecule has 0 bridgehead atoms. The molecule has 0 radical (unpaired) electrons. The Labute approximate surface area is 132 Å². The van der Waals surface area contributed by atoms with Crippen LogP contribution in [0.5, 0.6) is 0 Å². The van der Waals surface area contributed by atoms with Gasteiger partial charge in [0.1, 0.15) is 0 Å². The second-order valence-corrected chi connectivity index (χ2v) is 5.59. The number of carbonyl (C=O) groups is 1. The monoisotopic (exact) mass is 321 g/mol. The Bertz CT molecular complexity index is 868. The number of hydrogen-bond donors (Lipinski definition) is 0. The second kappa shape index (κ2) is 6.24. The molecular formula is C13H19N7O3. The van der Waals surface area contributed by atoms with Crippen molar-refractivity contribution in [3.63, 3.8) is 0 Å². The highest BCUT2D eigenvalue weighted by Crippen LogP contribution is 2.02. The molecule has 0 atom stereocenters. The topological polar surface area (TPSA) is 106 Å². The van der Waals surface area contributed by atoms with Gasteiger partial charge in [-0.1, -0.05) is 0 Å². The molecular weight excluding hydrogens is 302 g/mol. The number of hydrogen-bond acceptors (Lipinski definition) is 7. The summed E-state index contributed by atoms with van der Waals surface area (Å²) in [5.41, 5.74) is -0.872. The Kier molecular flexibility index (Phi) is 4.55. The first-order chi connectivity index (χ1) is 10.7. The largest absolute Gasteiger partial charge is 0.337 e. The van der Waals surface area contributed by atoms with Crippen molar-refractivity contribution in [3.05, 3.63) is 26.7 Å². The summed E-state index contributed by atoms with van der Waals surface area (Å²) in [6.07, 6.45) is 0. The van der Waals surface area contributed by atoms with Crippen molar-refractivity contribution in [2.45, 2.75) is 6.54 Å². The van der Waals surface area contributed by atoms with Crippen LogP contribution in [0, 0.1) is 0 Å². The summed E-state index contributed by atoms with van der Waals surface area (Å²) < 4.78 is 2.17. The minimum Gasteiger partial charge on any atom is -0.337 e. The van der Waals surface area contributed by atoms with Gasteiger partial charge in [0.2, 0.25) is 5.91 Å². The second-order valence-electron chi connectivity index (χ2n) is 5.59. The lowest BCUT2D eigenvalue weighted by Crippen LogP contribution is -2.38. The molecule has 2 heterocycles. The highest BCUT2D eigenvalue weighted by atomic mass is 16.2. The van der Waals surface area contributed by atoms with Crippen molar-refractivity contribution in [3.8, 4) is 0 Å². The van der Waals surface area contributed by atoms with Crippen molar-refractivity contribution in [2.75, 3.05) is 27.7 Å². The number of aromatic nitrogens is 5. The van der Waals surface area contributed by atoms with Gasteiger partial charge in [0.05, 0.1) is 13.1 Å². The summed E-state index contributed by atoms with van der Waals surface area (Å²) in [5.74, 6) is 0.134. The lowest BCUT2D eigenvalue weighted by Gasteiger charge is -2.18. The number of nitrogens with zero attached hydrogens (tertiary/aromatic N) is 7. The highest BCUT2D eigenvalue weighted by Gasteiger charge is 2.16. The Balaban J connectivity index is 2.40. The molecule has 0 unspecified atom stereocenters. The Morgan fingerprint density at radius 3 is 2.35 bits per heavy atom. The van der Waals surface area contributed by atoms with E-state index in [0.29, 0.717) is 0 Å². The van der Waals surface area contributed by atoms with Crippen molar-refractivity contribution >= 4 is 17.1 Å². The molecule has 0 spiro atoms. The molecule has 0 fully saturated rings. The van der Waals surface area contributed by atoms with E-state index >= 15 is 0 Å². The van der Waals surface area contributed by atoms with E-state index in [1.54, 1.807) is 26.0 Å². The van der Waals surface area contributed by atoms with Gasteiger partial charge < -0.3 is 9.80 Å². The first kappa shape index (κ1) is 16.7. The maximum atomic E-state index is 12.2. The van der Waals surface area contributed by atoms with Crippen molar-refractivity contribution < 1.29 is 4.79 Å². The lowest BCUT2D eigenvalue weighted by molar-refractivity contribution is -0.131. The van der Waals surface area contributed by atoms with Crippen LogP contribution in [-0.4, -0.2) is 67.7 Å². The van der Waals surface area contributed by atoms with E-state index in [-0.39, 0.29) is 36.0 Å². The quantitative estimate of drug-likeness (QED) is 0.637. The highest BCUT2D eigenvalue weighted by molar-refractivity contribution is 5.77. The third kappa shape index (κ3) is 3.26. The van der Waals surface area contributed by atoms with Crippen LogP contribution in [0.4, 0.5) is 0 Å². The van der Waals surface area contributed by atoms with Crippen molar-refractivity contribution in [1.82, 2.24) is 34.1 Å². The predicted octanol–water partition coefficient (Wildman–Crippen LogP) is -2.06. The number of amides is 1. The Hall–Kier alpha value is -2.62. The van der Waals surface area contributed by atoms with Gasteiger partial charge in [0.15, 0.2) is 17.0 Å². The molecule has 0 aromatic carbocycles. The molecule has 2 aromatic heterocycles. The fraction of sp³-hybridized carbons (Fsp3) is 0.538. The predicted molar refractivity (Wildman–Crippen MR) is 82.8 cm³/mol. The van der Waals surface area contributed by atoms with E-state index in [2.05, 4.69) is 15.2 Å². The van der Waals surface area contributed by atoms with Crippen molar-refractivity contribution in [2.24, 2.45) is 14.1 Å². The molecule has 10 heteroatoms. The average Bonchev–Trinajstić information content (AvgIpc) is 2.50. The minimum atomic E-state index is -0.540. The molecule has 0 N–H and O–H groups in total. The van der Waals surface area contributed by atoms with Crippen LogP contribution in [0.25, 0.3) is 11.2 Å². The van der Waals surface area contributed by atoms with Crippen LogP contribution >= 0.6 is 0 Å². The summed E-state index contributed by atoms with van der Waals surface area (Å²) in [6.45, 7) is 0.384. The molecule has 0 aliphatic rings. The van der Waals surface area contributed by atoms with Gasteiger partial charge >= 0.3 is 5.69 Å². The third-order valence-electron chi connectivity index (χ3n) is 3.37. The molecule has 0 saturated heterocycles. The number of likely N-dealkylation sites (N-methyl/N-ethyl adjacent to an activating group) is 2. The molecule has 10 nitrogen and oxygen atoms in total. The van der Waals surface area contributed by atoms with Gasteiger partial charge in [0.25, 0.3) is 5.56 Å². The summed E-state index contributed by atoms with van der Waals surface area (Å²) in [5, 5.41) is 7.81. The zero-order chi connectivity index (χ0) is 17.3. The van der Waals surface area contributed by atoms with E-state index in [1.807, 2.05) is 0 Å². The smallest absolute Gasteiger partial charge is 0.332 e. The van der Waals surface area contributed by atoms with Crippen LogP contribution in [0.1, 0.15) is 5.82 Å². The molecule has 23 heavy (non-hydrogen) atoms. The molecule has 0 aliphatic carbocycles. The van der Waals surface area contributed by atoms with Gasteiger partial charge in [-0.05, 0) is 14.1 Å². The van der Waals surface area contributed by atoms with E-state index in [9.17, 15) is 14.4 Å². The van der Waals surface area contributed by atoms with Gasteiger partial charge in [-0.25, -0.2) is 9.78 Å². The summed E-state index contributed by atoms with van der Waals surface area (Å²) in [4.78, 5) is 43.3. The minimum absolute atomic E-state index is 0.0491. The summed E-state index contributed by atoms with van der Waals surface area (Å²) >= 11 is 0. The van der Waals surface area contributed by atoms with E-state index < -0.39 is 11.2 Å². The lowest BCUT2D eigenvalue weighted by atomic mass is 10.4. The maximum absolute atomic E-state index is 12.2. The third-order valence-corrected chi connectivity index (χ3v) is 3.37. The van der Waals surface area contributed by atoms with E-state index in [1.165, 1.54) is 23.6 Å². The molecule has 2 rings (SSSR count).